The lowest BCUT2D eigenvalue weighted by Crippen LogP contribution is -2.55. The lowest BCUT2D eigenvalue weighted by Gasteiger charge is -2.38. The van der Waals surface area contributed by atoms with Crippen molar-refractivity contribution in [2.24, 2.45) is 10.1 Å². The predicted octanol–water partition coefficient (Wildman–Crippen LogP) is 1.84. The minimum atomic E-state index is -0.481. The van der Waals surface area contributed by atoms with Gasteiger partial charge in [0.1, 0.15) is 11.4 Å². The zero-order chi connectivity index (χ0) is 19.7. The van der Waals surface area contributed by atoms with Gasteiger partial charge in [0.25, 0.3) is 0 Å². The molecule has 1 N–H and O–H groups in total. The number of hydrogen-bond donors (Lipinski definition) is 1. The number of amides is 1. The predicted molar refractivity (Wildman–Crippen MR) is 107 cm³/mol. The number of aliphatic imine (C=N–C) groups is 1. The summed E-state index contributed by atoms with van der Waals surface area (Å²) in [5, 5.41) is 4.31. The lowest BCUT2D eigenvalue weighted by atomic mass is 10.0. The smallest absolute Gasteiger partial charge is 0.410 e. The number of para-hydroxylation sites is 1. The van der Waals surface area contributed by atoms with Crippen LogP contribution in [0.5, 0.6) is 5.75 Å². The first-order valence-corrected chi connectivity index (χ1v) is 9.74. The number of hydrogen-bond acceptors (Lipinski definition) is 7. The van der Waals surface area contributed by atoms with Gasteiger partial charge in [-0.25, -0.2) is 9.79 Å². The van der Waals surface area contributed by atoms with Gasteiger partial charge in [-0.3, -0.25) is 10.3 Å². The summed E-state index contributed by atoms with van der Waals surface area (Å²) in [7, 11) is 0. The van der Waals surface area contributed by atoms with E-state index in [1.54, 1.807) is 11.1 Å². The largest absolute Gasteiger partial charge is 0.492 e. The molecule has 150 valence electrons. The highest BCUT2D eigenvalue weighted by Gasteiger charge is 2.30. The zero-order valence-corrected chi connectivity index (χ0v) is 16.6. The van der Waals surface area contributed by atoms with Crippen LogP contribution < -0.4 is 10.2 Å². The molecule has 28 heavy (non-hydrogen) atoms. The van der Waals surface area contributed by atoms with Gasteiger partial charge >= 0.3 is 6.09 Å². The van der Waals surface area contributed by atoms with Gasteiger partial charge in [-0.15, -0.1) is 0 Å². The van der Waals surface area contributed by atoms with Crippen molar-refractivity contribution < 1.29 is 14.3 Å². The highest BCUT2D eigenvalue weighted by Crippen LogP contribution is 2.30. The monoisotopic (exact) mass is 385 g/mol. The SMILES string of the molecule is CC(C)(C)OC(=O)N1CCN(C2N=C(c3cccc4c3OCC4)C=NN2)CC1. The maximum atomic E-state index is 12.2. The number of ether oxygens (including phenoxy) is 2. The molecule has 1 fully saturated rings. The summed E-state index contributed by atoms with van der Waals surface area (Å²) in [6.45, 7) is 8.96. The van der Waals surface area contributed by atoms with Crippen molar-refractivity contribution >= 4 is 18.0 Å². The van der Waals surface area contributed by atoms with E-state index in [1.807, 2.05) is 32.9 Å². The van der Waals surface area contributed by atoms with Gasteiger partial charge < -0.3 is 14.4 Å². The summed E-state index contributed by atoms with van der Waals surface area (Å²) in [6, 6.07) is 6.16. The molecule has 0 aliphatic carbocycles. The van der Waals surface area contributed by atoms with E-state index in [-0.39, 0.29) is 12.4 Å². The topological polar surface area (TPSA) is 78.8 Å². The average molecular weight is 385 g/mol. The fourth-order valence-electron chi connectivity index (χ4n) is 3.55. The van der Waals surface area contributed by atoms with Crippen molar-refractivity contribution in [1.29, 1.82) is 0 Å². The number of nitrogens with one attached hydrogen (secondary N) is 1. The van der Waals surface area contributed by atoms with Gasteiger partial charge in [0, 0.05) is 38.2 Å². The first-order valence-electron chi connectivity index (χ1n) is 9.74. The van der Waals surface area contributed by atoms with Crippen LogP contribution in [-0.4, -0.2) is 72.5 Å². The van der Waals surface area contributed by atoms with Crippen molar-refractivity contribution in [2.75, 3.05) is 32.8 Å². The van der Waals surface area contributed by atoms with Crippen molar-refractivity contribution in [3.05, 3.63) is 29.3 Å². The second kappa shape index (κ2) is 7.43. The average Bonchev–Trinajstić information content (AvgIpc) is 3.16. The van der Waals surface area contributed by atoms with E-state index in [9.17, 15) is 4.79 Å². The standard InChI is InChI=1S/C20H27N5O3/c1-20(2,3)28-19(26)25-10-8-24(9-11-25)18-22-16(13-21-23-18)15-6-4-5-14-7-12-27-17(14)15/h4-6,13,18,23H,7-12H2,1-3H3. The third-order valence-electron chi connectivity index (χ3n) is 4.94. The summed E-state index contributed by atoms with van der Waals surface area (Å²) in [5.41, 5.74) is 5.61. The van der Waals surface area contributed by atoms with E-state index in [2.05, 4.69) is 21.5 Å². The van der Waals surface area contributed by atoms with Crippen molar-refractivity contribution in [3.8, 4) is 5.75 Å². The number of nitrogens with zero attached hydrogens (tertiary/aromatic N) is 4. The summed E-state index contributed by atoms with van der Waals surface area (Å²) >= 11 is 0. The maximum absolute atomic E-state index is 12.2. The molecule has 3 heterocycles. The van der Waals surface area contributed by atoms with Crippen LogP contribution in [0.2, 0.25) is 0 Å². The Balaban J connectivity index is 1.42. The summed E-state index contributed by atoms with van der Waals surface area (Å²) in [4.78, 5) is 21.0. The number of carbonyl (C=O) groups is 1. The van der Waals surface area contributed by atoms with Crippen LogP contribution in [0, 0.1) is 0 Å². The van der Waals surface area contributed by atoms with Crippen LogP contribution in [0.15, 0.2) is 28.3 Å². The fourth-order valence-corrected chi connectivity index (χ4v) is 3.55. The Kier molecular flexibility index (Phi) is 4.97. The molecule has 3 aliphatic rings. The second-order valence-corrected chi connectivity index (χ2v) is 8.17. The summed E-state index contributed by atoms with van der Waals surface area (Å²) < 4.78 is 11.3. The minimum Gasteiger partial charge on any atom is -0.492 e. The Labute approximate surface area is 165 Å². The molecule has 0 aromatic heterocycles. The molecule has 0 radical (unpaired) electrons. The third-order valence-corrected chi connectivity index (χ3v) is 4.94. The first kappa shape index (κ1) is 18.7. The first-order chi connectivity index (χ1) is 13.4. The third kappa shape index (κ3) is 3.96. The molecule has 8 heteroatoms. The van der Waals surface area contributed by atoms with E-state index in [0.717, 1.165) is 23.4 Å². The highest BCUT2D eigenvalue weighted by molar-refractivity contribution is 6.39. The van der Waals surface area contributed by atoms with Crippen LogP contribution in [0.4, 0.5) is 4.79 Å². The van der Waals surface area contributed by atoms with Crippen LogP contribution in [0.1, 0.15) is 31.9 Å². The molecular formula is C20H27N5O3. The van der Waals surface area contributed by atoms with Gasteiger partial charge in [-0.05, 0) is 32.4 Å². The van der Waals surface area contributed by atoms with Gasteiger partial charge in [0.2, 0.25) is 0 Å². The highest BCUT2D eigenvalue weighted by atomic mass is 16.6. The molecule has 1 aromatic carbocycles. The van der Waals surface area contributed by atoms with Gasteiger partial charge in [0.15, 0.2) is 6.29 Å². The zero-order valence-electron chi connectivity index (χ0n) is 16.6. The van der Waals surface area contributed by atoms with Crippen molar-refractivity contribution in [1.82, 2.24) is 15.2 Å². The Morgan fingerprint density at radius 2 is 2.04 bits per heavy atom. The fraction of sp³-hybridized carbons (Fsp3) is 0.550. The summed E-state index contributed by atoms with van der Waals surface area (Å²) in [5.74, 6) is 0.920. The Morgan fingerprint density at radius 1 is 1.25 bits per heavy atom. The molecule has 1 saturated heterocycles. The van der Waals surface area contributed by atoms with Crippen LogP contribution in [-0.2, 0) is 11.2 Å². The minimum absolute atomic E-state index is 0.252. The van der Waals surface area contributed by atoms with E-state index in [0.29, 0.717) is 32.8 Å². The molecule has 1 atom stereocenters. The Hall–Kier alpha value is -2.61. The maximum Gasteiger partial charge on any atom is 0.410 e. The van der Waals surface area contributed by atoms with E-state index < -0.39 is 5.60 Å². The molecular weight excluding hydrogens is 358 g/mol. The molecule has 8 nitrogen and oxygen atoms in total. The molecule has 1 unspecified atom stereocenters. The lowest BCUT2D eigenvalue weighted by molar-refractivity contribution is 0.00887. The number of hydrazone groups is 1. The van der Waals surface area contributed by atoms with Crippen LogP contribution in [0.25, 0.3) is 0 Å². The summed E-state index contributed by atoms with van der Waals surface area (Å²) in [6.07, 6.45) is 2.16. The number of piperazine rings is 1. The number of fused-ring (bicyclic) bond motifs is 1. The molecule has 1 aromatic rings. The normalized spacial score (nSPS) is 22.2. The van der Waals surface area contributed by atoms with Gasteiger partial charge in [-0.1, -0.05) is 12.1 Å². The Bertz CT molecular complexity index is 807. The number of benzene rings is 1. The van der Waals surface area contributed by atoms with E-state index in [4.69, 9.17) is 14.5 Å². The van der Waals surface area contributed by atoms with Gasteiger partial charge in [-0.2, -0.15) is 5.10 Å². The quantitative estimate of drug-likeness (QED) is 0.840. The second-order valence-electron chi connectivity index (χ2n) is 8.17. The van der Waals surface area contributed by atoms with E-state index >= 15 is 0 Å². The molecule has 0 spiro atoms. The van der Waals surface area contributed by atoms with E-state index in [1.165, 1.54) is 5.56 Å². The molecule has 0 saturated carbocycles. The Morgan fingerprint density at radius 3 is 2.79 bits per heavy atom. The number of rotatable bonds is 2. The number of carbonyl (C=O) groups excluding carboxylic acids is 1. The molecule has 3 aliphatic heterocycles. The van der Waals surface area contributed by atoms with Gasteiger partial charge in [0.05, 0.1) is 18.5 Å². The van der Waals surface area contributed by atoms with Crippen LogP contribution >= 0.6 is 0 Å². The van der Waals surface area contributed by atoms with Crippen molar-refractivity contribution in [2.45, 2.75) is 39.1 Å². The van der Waals surface area contributed by atoms with Crippen LogP contribution in [0.3, 0.4) is 0 Å². The van der Waals surface area contributed by atoms with Crippen molar-refractivity contribution in [3.63, 3.8) is 0 Å². The molecule has 0 bridgehead atoms. The molecule has 1 amide bonds. The molecule has 4 rings (SSSR count).